The topological polar surface area (TPSA) is 25.8 Å². The molecule has 57 heavy (non-hydrogen) atoms. The Hall–Kier alpha value is -6.94. The summed E-state index contributed by atoms with van der Waals surface area (Å²) in [6, 6.07) is 72.1. The summed E-state index contributed by atoms with van der Waals surface area (Å²) in [5, 5.41) is 2.62. The molecule has 0 spiro atoms. The molecule has 8 aromatic carbocycles. The maximum atomic E-state index is 5.11. The monoisotopic (exact) mass is 744 g/mol. The van der Waals surface area contributed by atoms with E-state index >= 15 is 0 Å². The summed E-state index contributed by atoms with van der Waals surface area (Å²) >= 11 is 1.86. The first-order chi connectivity index (χ1) is 28.1. The van der Waals surface area contributed by atoms with Gasteiger partial charge in [0.15, 0.2) is 5.82 Å². The van der Waals surface area contributed by atoms with Gasteiger partial charge in [0.25, 0.3) is 0 Å². The predicted octanol–water partition coefficient (Wildman–Crippen LogP) is 14.5. The van der Waals surface area contributed by atoms with Gasteiger partial charge in [-0.25, -0.2) is 9.97 Å². The van der Waals surface area contributed by atoms with Gasteiger partial charge in [0.05, 0.1) is 11.4 Å². The molecule has 2 nitrogen and oxygen atoms in total. The lowest BCUT2D eigenvalue weighted by Crippen LogP contribution is -2.22. The van der Waals surface area contributed by atoms with Gasteiger partial charge in [0.2, 0.25) is 0 Å². The maximum Gasteiger partial charge on any atom is 0.160 e. The molecule has 268 valence electrons. The third kappa shape index (κ3) is 5.54. The maximum absolute atomic E-state index is 5.11. The molecule has 2 aromatic heterocycles. The van der Waals surface area contributed by atoms with E-state index in [0.717, 1.165) is 28.1 Å². The summed E-state index contributed by atoms with van der Waals surface area (Å²) in [5.74, 6) is 0.713. The molecule has 11 rings (SSSR count). The number of thiophene rings is 1. The van der Waals surface area contributed by atoms with Gasteiger partial charge in [-0.1, -0.05) is 188 Å². The summed E-state index contributed by atoms with van der Waals surface area (Å²) < 4.78 is 2.64. The second kappa shape index (κ2) is 13.4. The molecule has 0 amide bonds. The number of hydrogen-bond donors (Lipinski definition) is 0. The van der Waals surface area contributed by atoms with Crippen LogP contribution in [0.2, 0.25) is 0 Å². The Morgan fingerprint density at radius 2 is 0.877 bits per heavy atom. The van der Waals surface area contributed by atoms with Gasteiger partial charge < -0.3 is 0 Å². The quantitative estimate of drug-likeness (QED) is 0.169. The van der Waals surface area contributed by atoms with Crippen molar-refractivity contribution in [2.75, 3.05) is 0 Å². The van der Waals surface area contributed by atoms with E-state index in [1.807, 2.05) is 29.5 Å². The number of benzene rings is 8. The van der Waals surface area contributed by atoms with E-state index in [9.17, 15) is 0 Å². The van der Waals surface area contributed by atoms with Crippen molar-refractivity contribution in [3.63, 3.8) is 0 Å². The molecule has 0 aliphatic heterocycles. The van der Waals surface area contributed by atoms with Crippen LogP contribution < -0.4 is 0 Å². The molecule has 0 unspecified atom stereocenters. The lowest BCUT2D eigenvalue weighted by molar-refractivity contribution is 0.714. The van der Waals surface area contributed by atoms with Gasteiger partial charge in [-0.3, -0.25) is 0 Å². The fourth-order valence-electron chi connectivity index (χ4n) is 8.85. The average molecular weight is 745 g/mol. The molecule has 1 aliphatic carbocycles. The third-order valence-corrected chi connectivity index (χ3v) is 13.1. The van der Waals surface area contributed by atoms with Gasteiger partial charge in [-0.15, -0.1) is 11.3 Å². The van der Waals surface area contributed by atoms with E-state index in [1.165, 1.54) is 70.2 Å². The Morgan fingerprint density at radius 1 is 0.386 bits per heavy atom. The molecule has 10 aromatic rings. The van der Waals surface area contributed by atoms with Crippen molar-refractivity contribution in [1.82, 2.24) is 9.97 Å². The van der Waals surface area contributed by atoms with Crippen LogP contribution >= 0.6 is 11.3 Å². The van der Waals surface area contributed by atoms with E-state index in [1.54, 1.807) is 0 Å². The Balaban J connectivity index is 0.921. The van der Waals surface area contributed by atoms with E-state index in [-0.39, 0.29) is 5.41 Å². The van der Waals surface area contributed by atoms with Crippen molar-refractivity contribution < 1.29 is 0 Å². The zero-order chi connectivity index (χ0) is 37.9. The van der Waals surface area contributed by atoms with Crippen LogP contribution in [-0.2, 0) is 5.41 Å². The minimum Gasteiger partial charge on any atom is -0.228 e. The molecule has 2 heterocycles. The Morgan fingerprint density at radius 3 is 1.53 bits per heavy atom. The predicted molar refractivity (Wildman–Crippen MR) is 240 cm³/mol. The first-order valence-corrected chi connectivity index (χ1v) is 20.3. The standard InChI is InChI=1S/C54H36N2S/c1-54(47-19-8-5-14-43(47)44-15-6-9-20-48(44)54)41-32-30-36(31-33-41)35-22-26-38(27-23-35)49-34-50(56-53(55-49)40-12-3-2-4-13-40)39-28-24-37(25-29-39)42-17-11-18-46-45-16-7-10-21-51(45)57-52(42)46/h2-34H,1H3. The van der Waals surface area contributed by atoms with Gasteiger partial charge >= 0.3 is 0 Å². The number of rotatable bonds is 6. The van der Waals surface area contributed by atoms with Crippen LogP contribution in [-0.4, -0.2) is 9.97 Å². The summed E-state index contributed by atoms with van der Waals surface area (Å²) in [6.45, 7) is 2.36. The van der Waals surface area contributed by atoms with Crippen LogP contribution in [0.4, 0.5) is 0 Å². The summed E-state index contributed by atoms with van der Waals surface area (Å²) in [6.07, 6.45) is 0. The second-order valence-electron chi connectivity index (χ2n) is 15.1. The van der Waals surface area contributed by atoms with Crippen LogP contribution in [0, 0.1) is 0 Å². The molecular weight excluding hydrogens is 709 g/mol. The van der Waals surface area contributed by atoms with E-state index < -0.39 is 0 Å². The van der Waals surface area contributed by atoms with Crippen LogP contribution in [0.3, 0.4) is 0 Å². The fourth-order valence-corrected chi connectivity index (χ4v) is 10.1. The minimum atomic E-state index is -0.204. The van der Waals surface area contributed by atoms with E-state index in [4.69, 9.17) is 9.97 Å². The van der Waals surface area contributed by atoms with Crippen LogP contribution in [0.5, 0.6) is 0 Å². The minimum absolute atomic E-state index is 0.204. The van der Waals surface area contributed by atoms with Crippen LogP contribution in [0.1, 0.15) is 23.6 Å². The summed E-state index contributed by atoms with van der Waals surface area (Å²) in [7, 11) is 0. The zero-order valence-corrected chi connectivity index (χ0v) is 32.2. The van der Waals surface area contributed by atoms with Gasteiger partial charge in [0.1, 0.15) is 0 Å². The molecule has 0 fully saturated rings. The molecule has 0 saturated carbocycles. The molecular formula is C54H36N2S. The molecule has 0 atom stereocenters. The molecule has 3 heteroatoms. The van der Waals surface area contributed by atoms with E-state index in [0.29, 0.717) is 5.82 Å². The first-order valence-electron chi connectivity index (χ1n) is 19.5. The van der Waals surface area contributed by atoms with Crippen molar-refractivity contribution in [3.05, 3.63) is 217 Å². The van der Waals surface area contributed by atoms with Crippen molar-refractivity contribution in [3.8, 4) is 67.3 Å². The second-order valence-corrected chi connectivity index (χ2v) is 16.1. The number of aromatic nitrogens is 2. The fraction of sp³-hybridized carbons (Fsp3) is 0.0370. The Bertz CT molecular complexity index is 3060. The number of hydrogen-bond acceptors (Lipinski definition) is 3. The number of nitrogens with zero attached hydrogens (tertiary/aromatic N) is 2. The molecule has 1 aliphatic rings. The lowest BCUT2D eigenvalue weighted by Gasteiger charge is -2.28. The SMILES string of the molecule is CC1(c2ccc(-c3ccc(-c4cc(-c5ccc(-c6cccc7c6sc6ccccc67)cc5)nc(-c5ccccc5)n4)cc3)cc2)c2ccccc2-c2ccccc21. The molecule has 0 N–H and O–H groups in total. The normalized spacial score (nSPS) is 12.8. The van der Waals surface area contributed by atoms with Crippen LogP contribution in [0.15, 0.2) is 200 Å². The summed E-state index contributed by atoms with van der Waals surface area (Å²) in [4.78, 5) is 10.2. The Labute approximate surface area is 336 Å². The third-order valence-electron chi connectivity index (χ3n) is 11.9. The highest BCUT2D eigenvalue weighted by Crippen LogP contribution is 2.52. The smallest absolute Gasteiger partial charge is 0.160 e. The van der Waals surface area contributed by atoms with E-state index in [2.05, 4.69) is 189 Å². The highest BCUT2D eigenvalue weighted by Gasteiger charge is 2.40. The van der Waals surface area contributed by atoms with Gasteiger partial charge in [0, 0.05) is 42.3 Å². The molecule has 0 radical (unpaired) electrons. The molecule has 0 saturated heterocycles. The highest BCUT2D eigenvalue weighted by atomic mass is 32.1. The van der Waals surface area contributed by atoms with Crippen molar-refractivity contribution in [1.29, 1.82) is 0 Å². The first kappa shape index (κ1) is 33.4. The highest BCUT2D eigenvalue weighted by molar-refractivity contribution is 7.26. The van der Waals surface area contributed by atoms with Crippen molar-refractivity contribution in [2.24, 2.45) is 0 Å². The summed E-state index contributed by atoms with van der Waals surface area (Å²) in [5.41, 5.74) is 16.2. The Kier molecular flexibility index (Phi) is 7.84. The largest absolute Gasteiger partial charge is 0.228 e. The van der Waals surface area contributed by atoms with Gasteiger partial charge in [-0.2, -0.15) is 0 Å². The average Bonchev–Trinajstić information content (AvgIpc) is 3.80. The van der Waals surface area contributed by atoms with Crippen molar-refractivity contribution in [2.45, 2.75) is 12.3 Å². The zero-order valence-electron chi connectivity index (χ0n) is 31.4. The molecule has 0 bridgehead atoms. The lowest BCUT2D eigenvalue weighted by atomic mass is 9.74. The van der Waals surface area contributed by atoms with Crippen LogP contribution in [0.25, 0.3) is 87.5 Å². The number of fused-ring (bicyclic) bond motifs is 6. The van der Waals surface area contributed by atoms with Crippen molar-refractivity contribution >= 4 is 31.5 Å². The van der Waals surface area contributed by atoms with Gasteiger partial charge in [-0.05, 0) is 69.1 Å².